The summed E-state index contributed by atoms with van der Waals surface area (Å²) in [5, 5.41) is 3.58. The SMILES string of the molecule is CCCCCN(CCNCC1CCOC1)C(C)C. The molecule has 0 saturated carbocycles. The van der Waals surface area contributed by atoms with Crippen molar-refractivity contribution in [2.45, 2.75) is 52.5 Å². The van der Waals surface area contributed by atoms with Crippen LogP contribution >= 0.6 is 0 Å². The van der Waals surface area contributed by atoms with Gasteiger partial charge in [-0.2, -0.15) is 0 Å². The van der Waals surface area contributed by atoms with Gasteiger partial charge in [-0.05, 0) is 39.2 Å². The number of nitrogens with one attached hydrogen (secondary N) is 1. The van der Waals surface area contributed by atoms with Crippen molar-refractivity contribution < 1.29 is 4.74 Å². The Hall–Kier alpha value is -0.120. The lowest BCUT2D eigenvalue weighted by atomic mass is 10.1. The number of unbranched alkanes of at least 4 members (excludes halogenated alkanes) is 2. The molecule has 1 saturated heterocycles. The fourth-order valence-corrected chi connectivity index (χ4v) is 2.47. The van der Waals surface area contributed by atoms with Crippen molar-refractivity contribution >= 4 is 0 Å². The van der Waals surface area contributed by atoms with Gasteiger partial charge in [-0.3, -0.25) is 4.90 Å². The zero-order valence-electron chi connectivity index (χ0n) is 12.6. The molecule has 0 aromatic rings. The van der Waals surface area contributed by atoms with Crippen LogP contribution in [0.1, 0.15) is 46.5 Å². The standard InChI is InChI=1S/C15H32N2O/c1-4-5-6-9-17(14(2)3)10-8-16-12-15-7-11-18-13-15/h14-16H,4-13H2,1-3H3. The molecule has 1 aliphatic rings. The third-order valence-electron chi connectivity index (χ3n) is 3.81. The molecule has 0 amide bonds. The van der Waals surface area contributed by atoms with E-state index >= 15 is 0 Å². The highest BCUT2D eigenvalue weighted by atomic mass is 16.5. The summed E-state index contributed by atoms with van der Waals surface area (Å²) in [6.45, 7) is 13.5. The van der Waals surface area contributed by atoms with Gasteiger partial charge in [0.1, 0.15) is 0 Å². The average molecular weight is 256 g/mol. The van der Waals surface area contributed by atoms with Gasteiger partial charge in [-0.25, -0.2) is 0 Å². The molecule has 1 unspecified atom stereocenters. The molecule has 18 heavy (non-hydrogen) atoms. The van der Waals surface area contributed by atoms with Gasteiger partial charge in [-0.15, -0.1) is 0 Å². The summed E-state index contributed by atoms with van der Waals surface area (Å²) in [6, 6.07) is 0.665. The van der Waals surface area contributed by atoms with Crippen LogP contribution in [0, 0.1) is 5.92 Å². The maximum Gasteiger partial charge on any atom is 0.0507 e. The summed E-state index contributed by atoms with van der Waals surface area (Å²) in [4.78, 5) is 2.59. The first kappa shape index (κ1) is 15.9. The van der Waals surface area contributed by atoms with Crippen molar-refractivity contribution in [2.75, 3.05) is 39.4 Å². The van der Waals surface area contributed by atoms with Crippen LogP contribution in [0.5, 0.6) is 0 Å². The Morgan fingerprint density at radius 2 is 2.11 bits per heavy atom. The van der Waals surface area contributed by atoms with Crippen LogP contribution in [0.15, 0.2) is 0 Å². The van der Waals surface area contributed by atoms with E-state index in [2.05, 4.69) is 31.0 Å². The van der Waals surface area contributed by atoms with Gasteiger partial charge >= 0.3 is 0 Å². The van der Waals surface area contributed by atoms with Crippen LogP contribution in [0.4, 0.5) is 0 Å². The molecule has 1 atom stereocenters. The predicted octanol–water partition coefficient (Wildman–Crippen LogP) is 2.51. The second-order valence-corrected chi connectivity index (χ2v) is 5.77. The Labute approximate surface area is 113 Å². The summed E-state index contributed by atoms with van der Waals surface area (Å²) in [7, 11) is 0. The van der Waals surface area contributed by atoms with Gasteiger partial charge in [-0.1, -0.05) is 19.8 Å². The average Bonchev–Trinajstić information content (AvgIpc) is 2.85. The minimum absolute atomic E-state index is 0.665. The molecule has 3 heteroatoms. The summed E-state index contributed by atoms with van der Waals surface area (Å²) < 4.78 is 5.39. The molecule has 0 spiro atoms. The maximum atomic E-state index is 5.39. The number of hydrogen-bond acceptors (Lipinski definition) is 3. The lowest BCUT2D eigenvalue weighted by Gasteiger charge is -2.26. The van der Waals surface area contributed by atoms with Crippen molar-refractivity contribution in [3.05, 3.63) is 0 Å². The van der Waals surface area contributed by atoms with Gasteiger partial charge in [0.15, 0.2) is 0 Å². The molecule has 0 bridgehead atoms. The zero-order chi connectivity index (χ0) is 13.2. The first-order valence-corrected chi connectivity index (χ1v) is 7.76. The topological polar surface area (TPSA) is 24.5 Å². The highest BCUT2D eigenvalue weighted by molar-refractivity contribution is 4.69. The fraction of sp³-hybridized carbons (Fsp3) is 1.00. The van der Waals surface area contributed by atoms with Gasteiger partial charge < -0.3 is 10.1 Å². The van der Waals surface area contributed by atoms with Crippen LogP contribution < -0.4 is 5.32 Å². The Kier molecular flexibility index (Phi) is 8.64. The second kappa shape index (κ2) is 9.76. The van der Waals surface area contributed by atoms with Gasteiger partial charge in [0.25, 0.3) is 0 Å². The fourth-order valence-electron chi connectivity index (χ4n) is 2.47. The Balaban J connectivity index is 2.04. The van der Waals surface area contributed by atoms with Crippen LogP contribution in [-0.4, -0.2) is 50.3 Å². The van der Waals surface area contributed by atoms with Gasteiger partial charge in [0.2, 0.25) is 0 Å². The number of hydrogen-bond donors (Lipinski definition) is 1. The molecular weight excluding hydrogens is 224 g/mol. The van der Waals surface area contributed by atoms with Crippen LogP contribution in [0.25, 0.3) is 0 Å². The molecule has 1 rings (SSSR count). The predicted molar refractivity (Wildman–Crippen MR) is 78.0 cm³/mol. The van der Waals surface area contributed by atoms with E-state index < -0.39 is 0 Å². The maximum absolute atomic E-state index is 5.39. The van der Waals surface area contributed by atoms with Crippen molar-refractivity contribution in [1.29, 1.82) is 0 Å². The molecule has 1 aliphatic heterocycles. The number of rotatable bonds is 10. The Morgan fingerprint density at radius 1 is 1.28 bits per heavy atom. The molecule has 1 fully saturated rings. The molecule has 0 aromatic heterocycles. The van der Waals surface area contributed by atoms with Gasteiger partial charge in [0, 0.05) is 32.3 Å². The number of nitrogens with zero attached hydrogens (tertiary/aromatic N) is 1. The quantitative estimate of drug-likeness (QED) is 0.608. The van der Waals surface area contributed by atoms with Crippen molar-refractivity contribution in [3.8, 4) is 0 Å². The summed E-state index contributed by atoms with van der Waals surface area (Å²) in [6.07, 6.45) is 5.24. The highest BCUT2D eigenvalue weighted by Crippen LogP contribution is 2.10. The molecule has 3 nitrogen and oxygen atoms in total. The Morgan fingerprint density at radius 3 is 2.72 bits per heavy atom. The smallest absolute Gasteiger partial charge is 0.0507 e. The van der Waals surface area contributed by atoms with E-state index in [0.29, 0.717) is 6.04 Å². The van der Waals surface area contributed by atoms with Crippen molar-refractivity contribution in [2.24, 2.45) is 5.92 Å². The van der Waals surface area contributed by atoms with E-state index in [9.17, 15) is 0 Å². The highest BCUT2D eigenvalue weighted by Gasteiger charge is 2.15. The second-order valence-electron chi connectivity index (χ2n) is 5.77. The minimum atomic E-state index is 0.665. The minimum Gasteiger partial charge on any atom is -0.381 e. The van der Waals surface area contributed by atoms with Crippen molar-refractivity contribution in [1.82, 2.24) is 10.2 Å². The summed E-state index contributed by atoms with van der Waals surface area (Å²) >= 11 is 0. The lowest BCUT2D eigenvalue weighted by Crippen LogP contribution is -2.38. The van der Waals surface area contributed by atoms with E-state index in [4.69, 9.17) is 4.74 Å². The van der Waals surface area contributed by atoms with E-state index in [1.54, 1.807) is 0 Å². The molecular formula is C15H32N2O. The molecule has 0 aromatic carbocycles. The van der Waals surface area contributed by atoms with Crippen LogP contribution in [0.3, 0.4) is 0 Å². The molecule has 108 valence electrons. The third-order valence-corrected chi connectivity index (χ3v) is 3.81. The largest absolute Gasteiger partial charge is 0.381 e. The van der Waals surface area contributed by atoms with E-state index in [1.165, 1.54) is 38.8 Å². The van der Waals surface area contributed by atoms with Crippen molar-refractivity contribution in [3.63, 3.8) is 0 Å². The zero-order valence-corrected chi connectivity index (χ0v) is 12.6. The lowest BCUT2D eigenvalue weighted by molar-refractivity contribution is 0.183. The van der Waals surface area contributed by atoms with Crippen LogP contribution in [-0.2, 0) is 4.74 Å². The molecule has 1 heterocycles. The number of ether oxygens (including phenoxy) is 1. The first-order chi connectivity index (χ1) is 8.74. The summed E-state index contributed by atoms with van der Waals surface area (Å²) in [5.41, 5.74) is 0. The monoisotopic (exact) mass is 256 g/mol. The van der Waals surface area contributed by atoms with E-state index in [1.807, 2.05) is 0 Å². The van der Waals surface area contributed by atoms with E-state index in [-0.39, 0.29) is 0 Å². The Bertz CT molecular complexity index is 191. The molecule has 0 radical (unpaired) electrons. The first-order valence-electron chi connectivity index (χ1n) is 7.76. The molecule has 0 aliphatic carbocycles. The third kappa shape index (κ3) is 6.72. The van der Waals surface area contributed by atoms with E-state index in [0.717, 1.165) is 32.2 Å². The van der Waals surface area contributed by atoms with Gasteiger partial charge in [0.05, 0.1) is 6.61 Å². The molecule has 1 N–H and O–H groups in total. The normalized spacial score (nSPS) is 20.2. The summed E-state index contributed by atoms with van der Waals surface area (Å²) in [5.74, 6) is 0.748. The van der Waals surface area contributed by atoms with Crippen LogP contribution in [0.2, 0.25) is 0 Å².